The number of carbonyl (C=O) groups is 1. The van der Waals surface area contributed by atoms with E-state index in [1.54, 1.807) is 6.20 Å². The van der Waals surface area contributed by atoms with E-state index >= 15 is 0 Å². The summed E-state index contributed by atoms with van der Waals surface area (Å²) in [5.74, 6) is -0.802. The third-order valence-electron chi connectivity index (χ3n) is 6.98. The summed E-state index contributed by atoms with van der Waals surface area (Å²) in [6, 6.07) is 1.90. The summed E-state index contributed by atoms with van der Waals surface area (Å²) in [6.45, 7) is 2.57. The number of amides is 1. The number of fused-ring (bicyclic) bond motifs is 1. The zero-order valence-electron chi connectivity index (χ0n) is 17.7. The van der Waals surface area contributed by atoms with E-state index in [1.165, 1.54) is 17.6 Å². The number of hydrogen-bond donors (Lipinski definition) is 2. The SMILES string of the molecule is CC1C(C(=O)NS(=O)(=O)N2CCN(c3ncnc4[nH]ccc34)CC23CC3)CCCS1(=O)=O. The minimum Gasteiger partial charge on any atom is -0.353 e. The van der Waals surface area contributed by atoms with Gasteiger partial charge in [0.2, 0.25) is 5.91 Å². The number of carbonyl (C=O) groups excluding carboxylic acids is 1. The van der Waals surface area contributed by atoms with Crippen LogP contribution in [0.5, 0.6) is 0 Å². The Labute approximate surface area is 186 Å². The summed E-state index contributed by atoms with van der Waals surface area (Å²) >= 11 is 0. The van der Waals surface area contributed by atoms with E-state index < -0.39 is 42.7 Å². The van der Waals surface area contributed by atoms with Gasteiger partial charge in [0.25, 0.3) is 0 Å². The van der Waals surface area contributed by atoms with E-state index in [0.717, 1.165) is 16.9 Å². The van der Waals surface area contributed by atoms with Crippen molar-refractivity contribution in [2.45, 2.75) is 43.4 Å². The van der Waals surface area contributed by atoms with Gasteiger partial charge in [0.1, 0.15) is 17.8 Å². The lowest BCUT2D eigenvalue weighted by atomic mass is 9.99. The molecule has 2 aromatic heterocycles. The van der Waals surface area contributed by atoms with E-state index in [9.17, 15) is 21.6 Å². The summed E-state index contributed by atoms with van der Waals surface area (Å²) < 4.78 is 54.2. The molecule has 2 aromatic rings. The number of aromatic nitrogens is 3. The summed E-state index contributed by atoms with van der Waals surface area (Å²) in [7, 11) is -7.49. The Morgan fingerprint density at radius 1 is 1.28 bits per heavy atom. The quantitative estimate of drug-likeness (QED) is 0.628. The predicted molar refractivity (Wildman–Crippen MR) is 118 cm³/mol. The molecule has 0 radical (unpaired) electrons. The maximum absolute atomic E-state index is 13.2. The Balaban J connectivity index is 1.33. The van der Waals surface area contributed by atoms with E-state index in [2.05, 4.69) is 24.6 Å². The van der Waals surface area contributed by atoms with Crippen LogP contribution in [0.4, 0.5) is 5.82 Å². The van der Waals surface area contributed by atoms with E-state index in [0.29, 0.717) is 38.8 Å². The Hall–Kier alpha value is -2.25. The number of hydrogen-bond acceptors (Lipinski definition) is 8. The van der Waals surface area contributed by atoms with Gasteiger partial charge >= 0.3 is 10.2 Å². The number of piperazine rings is 1. The normalized spacial score (nSPS) is 27.5. The standard InChI is InChI=1S/C19H26N6O5S2/c1-13-14(3-2-10-31(13,27)28)18(26)23-32(29,30)25-9-8-24(11-19(25)5-6-19)17-15-4-7-20-16(15)21-12-22-17/h4,7,12-14H,2-3,5-6,8-11H2,1H3,(H,23,26)(H,20,21,22). The van der Waals surface area contributed by atoms with Gasteiger partial charge in [-0.15, -0.1) is 0 Å². The Bertz CT molecular complexity index is 1270. The summed E-state index contributed by atoms with van der Waals surface area (Å²) in [6.07, 6.45) is 5.37. The molecule has 1 saturated carbocycles. The molecule has 2 N–H and O–H groups in total. The van der Waals surface area contributed by atoms with Crippen LogP contribution in [0, 0.1) is 5.92 Å². The second-order valence-corrected chi connectivity index (χ2v) is 13.0. The Kier molecular flexibility index (Phi) is 4.98. The molecular weight excluding hydrogens is 456 g/mol. The van der Waals surface area contributed by atoms with Gasteiger partial charge in [-0.3, -0.25) is 4.79 Å². The molecular formula is C19H26N6O5S2. The molecule has 0 bridgehead atoms. The van der Waals surface area contributed by atoms with Gasteiger partial charge in [0, 0.05) is 25.8 Å². The molecule has 13 heteroatoms. The molecule has 32 heavy (non-hydrogen) atoms. The minimum absolute atomic E-state index is 0.0349. The fourth-order valence-corrected chi connectivity index (χ4v) is 8.25. The molecule has 2 aliphatic heterocycles. The maximum Gasteiger partial charge on any atom is 0.304 e. The second-order valence-electron chi connectivity index (χ2n) is 8.95. The van der Waals surface area contributed by atoms with Gasteiger partial charge in [-0.25, -0.2) is 23.1 Å². The van der Waals surface area contributed by atoms with E-state index in [4.69, 9.17) is 0 Å². The summed E-state index contributed by atoms with van der Waals surface area (Å²) in [5, 5.41) is -0.0138. The van der Waals surface area contributed by atoms with Crippen molar-refractivity contribution in [3.63, 3.8) is 0 Å². The lowest BCUT2D eigenvalue weighted by Crippen LogP contribution is -2.61. The smallest absolute Gasteiger partial charge is 0.304 e. The number of anilines is 1. The van der Waals surface area contributed by atoms with Crippen LogP contribution in [-0.2, 0) is 24.8 Å². The number of nitrogens with zero attached hydrogens (tertiary/aromatic N) is 4. The van der Waals surface area contributed by atoms with Gasteiger partial charge in [-0.1, -0.05) is 0 Å². The zero-order valence-corrected chi connectivity index (χ0v) is 19.3. The van der Waals surface area contributed by atoms with Crippen LogP contribution >= 0.6 is 0 Å². The van der Waals surface area contributed by atoms with Gasteiger partial charge in [-0.05, 0) is 38.7 Å². The van der Waals surface area contributed by atoms with Gasteiger partial charge in [0.15, 0.2) is 9.84 Å². The van der Waals surface area contributed by atoms with E-state index in [-0.39, 0.29) is 12.3 Å². The van der Waals surface area contributed by atoms with Gasteiger partial charge in [-0.2, -0.15) is 12.7 Å². The molecule has 0 aromatic carbocycles. The van der Waals surface area contributed by atoms with Crippen molar-refractivity contribution in [3.05, 3.63) is 18.6 Å². The number of aromatic amines is 1. The lowest BCUT2D eigenvalue weighted by molar-refractivity contribution is -0.123. The van der Waals surface area contributed by atoms with Crippen molar-refractivity contribution in [3.8, 4) is 0 Å². The lowest BCUT2D eigenvalue weighted by Gasteiger charge is -2.41. The number of sulfone groups is 1. The molecule has 174 valence electrons. The van der Waals surface area contributed by atoms with Crippen LogP contribution in [0.25, 0.3) is 11.0 Å². The first kappa shape index (κ1) is 21.6. The Morgan fingerprint density at radius 3 is 2.81 bits per heavy atom. The van der Waals surface area contributed by atoms with Crippen LogP contribution in [0.3, 0.4) is 0 Å². The van der Waals surface area contributed by atoms with Crippen LogP contribution in [0.2, 0.25) is 0 Å². The van der Waals surface area contributed by atoms with Crippen LogP contribution in [0.1, 0.15) is 32.6 Å². The molecule has 3 fully saturated rings. The topological polar surface area (TPSA) is 145 Å². The molecule has 11 nitrogen and oxygen atoms in total. The highest BCUT2D eigenvalue weighted by Gasteiger charge is 2.56. The molecule has 3 aliphatic rings. The van der Waals surface area contributed by atoms with Crippen molar-refractivity contribution in [2.75, 3.05) is 30.3 Å². The molecule has 5 rings (SSSR count). The van der Waals surface area contributed by atoms with Crippen LogP contribution < -0.4 is 9.62 Å². The molecule has 4 heterocycles. The van der Waals surface area contributed by atoms with Crippen LogP contribution in [-0.4, -0.2) is 78.2 Å². The third-order valence-corrected chi connectivity index (χ3v) is 10.9. The highest BCUT2D eigenvalue weighted by molar-refractivity contribution is 7.92. The molecule has 1 amide bonds. The molecule has 2 saturated heterocycles. The van der Waals surface area contributed by atoms with E-state index in [1.807, 2.05) is 6.07 Å². The largest absolute Gasteiger partial charge is 0.353 e. The minimum atomic E-state index is -4.10. The van der Waals surface area contributed by atoms with Crippen LogP contribution in [0.15, 0.2) is 18.6 Å². The second kappa shape index (κ2) is 7.39. The number of H-pyrrole nitrogens is 1. The first-order valence-corrected chi connectivity index (χ1v) is 13.9. The van der Waals surface area contributed by atoms with Gasteiger partial charge in [0.05, 0.1) is 27.8 Å². The van der Waals surface area contributed by atoms with Crippen molar-refractivity contribution in [2.24, 2.45) is 5.92 Å². The zero-order chi connectivity index (χ0) is 22.7. The monoisotopic (exact) mass is 482 g/mol. The van der Waals surface area contributed by atoms with Crippen molar-refractivity contribution >= 4 is 42.8 Å². The molecule has 1 aliphatic carbocycles. The fraction of sp³-hybridized carbons (Fsp3) is 0.632. The average Bonchev–Trinajstić information content (AvgIpc) is 3.30. The summed E-state index contributed by atoms with van der Waals surface area (Å²) in [4.78, 5) is 26.5. The first-order valence-electron chi connectivity index (χ1n) is 10.7. The highest BCUT2D eigenvalue weighted by Crippen LogP contribution is 2.46. The number of rotatable bonds is 4. The molecule has 1 spiro atoms. The average molecular weight is 483 g/mol. The predicted octanol–water partition coefficient (Wildman–Crippen LogP) is 0.187. The van der Waals surface area contributed by atoms with Gasteiger partial charge < -0.3 is 9.88 Å². The summed E-state index contributed by atoms with van der Waals surface area (Å²) in [5.41, 5.74) is 0.126. The van der Waals surface area contributed by atoms with Crippen molar-refractivity contribution in [1.29, 1.82) is 0 Å². The van der Waals surface area contributed by atoms with Crippen molar-refractivity contribution in [1.82, 2.24) is 24.0 Å². The molecule has 2 atom stereocenters. The maximum atomic E-state index is 13.2. The third kappa shape index (κ3) is 3.55. The van der Waals surface area contributed by atoms with Crippen molar-refractivity contribution < 1.29 is 21.6 Å². The number of nitrogens with one attached hydrogen (secondary N) is 2. The fourth-order valence-electron chi connectivity index (χ4n) is 4.96. The molecule has 2 unspecified atom stereocenters. The first-order chi connectivity index (χ1) is 15.1. The Morgan fingerprint density at radius 2 is 2.06 bits per heavy atom. The highest BCUT2D eigenvalue weighted by atomic mass is 32.2.